The number of methoxy groups -OCH3 is 3. The molecule has 0 aromatic heterocycles. The van der Waals surface area contributed by atoms with Crippen molar-refractivity contribution in [1.29, 1.82) is 0 Å². The Kier molecular flexibility index (Phi) is 18.6. The first-order valence-electron chi connectivity index (χ1n) is 21.8. The van der Waals surface area contributed by atoms with Crippen molar-refractivity contribution >= 4 is 23.4 Å². The number of carbonyl (C=O) groups is 3. The molecule has 0 unspecified atom stereocenters. The van der Waals surface area contributed by atoms with E-state index in [0.29, 0.717) is 37.8 Å². The van der Waals surface area contributed by atoms with Gasteiger partial charge in [-0.05, 0) is 95.5 Å². The van der Waals surface area contributed by atoms with Crippen LogP contribution in [0.5, 0.6) is 0 Å². The molecule has 0 radical (unpaired) electrons. The Morgan fingerprint density at radius 2 is 1.73 bits per heavy atom. The molecule has 4 rings (SSSR count). The molecule has 2 bridgehead atoms. The van der Waals surface area contributed by atoms with E-state index in [0.717, 1.165) is 36.8 Å². The monoisotopic (exact) mass is 829 g/mol. The molecule has 13 heteroatoms. The van der Waals surface area contributed by atoms with Gasteiger partial charge in [0, 0.05) is 52.0 Å². The number of hydrogen-bond acceptors (Lipinski definition) is 12. The maximum absolute atomic E-state index is 14.4. The summed E-state index contributed by atoms with van der Waals surface area (Å²) in [6.07, 6.45) is 13.4. The zero-order chi connectivity index (χ0) is 43.4. The first kappa shape index (κ1) is 48.5. The van der Waals surface area contributed by atoms with Crippen molar-refractivity contribution in [1.82, 2.24) is 4.90 Å². The number of amides is 1. The number of esters is 1. The third-order valence-corrected chi connectivity index (χ3v) is 13.1. The van der Waals surface area contributed by atoms with Crippen LogP contribution >= 0.6 is 0 Å². The van der Waals surface area contributed by atoms with Crippen LogP contribution in [0.4, 0.5) is 0 Å². The van der Waals surface area contributed by atoms with Crippen LogP contribution in [-0.2, 0) is 42.9 Å². The molecule has 1 aliphatic carbocycles. The maximum Gasteiger partial charge on any atom is 0.329 e. The fraction of sp³-hybridized carbons (Fsp3) is 0.783. The number of fused-ring (bicyclic) bond motifs is 3. The highest BCUT2D eigenvalue weighted by Gasteiger charge is 2.56. The number of piperidine rings is 1. The van der Waals surface area contributed by atoms with E-state index >= 15 is 0 Å². The molecule has 332 valence electrons. The number of terminal acetylenes is 1. The van der Waals surface area contributed by atoms with Gasteiger partial charge in [-0.1, -0.05) is 62.9 Å². The molecule has 1 saturated carbocycles. The molecule has 3 fully saturated rings. The molecule has 3 aliphatic heterocycles. The highest BCUT2D eigenvalue weighted by atomic mass is 16.7. The molecule has 13 nitrogen and oxygen atoms in total. The van der Waals surface area contributed by atoms with Crippen LogP contribution in [0.15, 0.2) is 28.5 Å². The number of ether oxygens (including phenoxy) is 5. The van der Waals surface area contributed by atoms with E-state index in [2.05, 4.69) is 30.2 Å². The lowest BCUT2D eigenvalue weighted by molar-refractivity contribution is -0.302. The zero-order valence-electron chi connectivity index (χ0n) is 37.0. The van der Waals surface area contributed by atoms with Crippen molar-refractivity contribution in [3.05, 3.63) is 23.3 Å². The van der Waals surface area contributed by atoms with E-state index in [9.17, 15) is 24.6 Å². The number of Topliss-reactive ketones (excluding diaryl/α,β-unsaturated/α-hetero) is 1. The summed E-state index contributed by atoms with van der Waals surface area (Å²) in [7, 11) is 4.83. The van der Waals surface area contributed by atoms with Gasteiger partial charge in [-0.15, -0.1) is 6.42 Å². The standard InChI is InChI=1S/C46H72N2O11/c1-11-20-57-47-36-27-38(49)32(7)41(30(5)24-33-16-15-17-35(26-33)54-8)58-45(52)37-18-13-14-19-48(37)44(51)43(50)46(53)31(6)25-40(56-10)42(59-46)39(55-9)23-29(4)21-28(3)22-34(36)12-2/h1,22,24,29,31-35,37-42,49,53H,12-21,23,25-27H2,2-10H3/b28-22+,30-24+,47-36-/t29-,31+,32+,33-,34+,35-,37-,38-,39-,40-,41+,42+,46+/m0/s1. The van der Waals surface area contributed by atoms with Crippen LogP contribution in [0, 0.1) is 41.9 Å². The Bertz CT molecular complexity index is 1550. The predicted octanol–water partition coefficient (Wildman–Crippen LogP) is 5.94. The molecule has 2 N–H and O–H groups in total. The van der Waals surface area contributed by atoms with E-state index in [1.54, 1.807) is 28.3 Å². The molecule has 0 aromatic carbocycles. The second kappa shape index (κ2) is 22.6. The average Bonchev–Trinajstić information content (AvgIpc) is 3.23. The Balaban J connectivity index is 1.82. The van der Waals surface area contributed by atoms with Gasteiger partial charge in [-0.3, -0.25) is 9.59 Å². The van der Waals surface area contributed by atoms with Crippen molar-refractivity contribution < 1.29 is 53.1 Å². The SMILES string of the molecule is C#CCO/N=C1/C[C@H](O)[C@@H](C)[C@@H](/C(C)=C/[C@@H]2CCC[C@H](OC)C2)OC(=O)[C@@H]2CCCCN2C(=O)C(=O)[C@]2(O)O[C@H]([C@@H](OC)C[C@@H](C)C/C(C)=C/[C@H]1CC)[C@@H](OC)C[C@H]2C. The molecule has 2 saturated heterocycles. The average molecular weight is 829 g/mol. The Labute approximate surface area is 352 Å². The van der Waals surface area contributed by atoms with Crippen molar-refractivity contribution in [2.75, 3.05) is 34.5 Å². The quantitative estimate of drug-likeness (QED) is 0.0744. The Hall–Kier alpha value is -3.12. The first-order valence-corrected chi connectivity index (χ1v) is 21.8. The van der Waals surface area contributed by atoms with Crippen LogP contribution < -0.4 is 0 Å². The third-order valence-electron chi connectivity index (χ3n) is 13.1. The number of aliphatic hydroxyl groups excluding tert-OH is 1. The van der Waals surface area contributed by atoms with Gasteiger partial charge in [0.1, 0.15) is 18.2 Å². The molecule has 0 aromatic rings. The molecular weight excluding hydrogens is 757 g/mol. The fourth-order valence-corrected chi connectivity index (χ4v) is 9.67. The lowest BCUT2D eigenvalue weighted by Gasteiger charge is -2.47. The van der Waals surface area contributed by atoms with Crippen molar-refractivity contribution in [3.8, 4) is 12.3 Å². The number of aliphatic hydroxyl groups is 2. The van der Waals surface area contributed by atoms with Gasteiger partial charge in [0.2, 0.25) is 5.79 Å². The lowest BCUT2D eigenvalue weighted by atomic mass is 9.82. The minimum absolute atomic E-state index is 0.0334. The van der Waals surface area contributed by atoms with E-state index in [1.165, 1.54) is 4.90 Å². The molecule has 59 heavy (non-hydrogen) atoms. The summed E-state index contributed by atoms with van der Waals surface area (Å²) in [4.78, 5) is 49.8. The number of allylic oxidation sites excluding steroid dienone is 3. The minimum atomic E-state index is -2.48. The summed E-state index contributed by atoms with van der Waals surface area (Å²) in [5, 5.41) is 28.6. The summed E-state index contributed by atoms with van der Waals surface area (Å²) in [6, 6.07) is -1.09. The van der Waals surface area contributed by atoms with Gasteiger partial charge in [0.25, 0.3) is 11.7 Å². The topological polar surface area (TPSA) is 163 Å². The molecule has 0 spiro atoms. The molecule has 3 heterocycles. The number of nitrogens with zero attached hydrogens (tertiary/aromatic N) is 2. The number of rotatable bonds is 8. The van der Waals surface area contributed by atoms with Crippen molar-refractivity contribution in [2.45, 2.75) is 167 Å². The van der Waals surface area contributed by atoms with Gasteiger partial charge in [0.15, 0.2) is 6.61 Å². The third kappa shape index (κ3) is 12.3. The van der Waals surface area contributed by atoms with E-state index < -0.39 is 71.8 Å². The van der Waals surface area contributed by atoms with Crippen molar-refractivity contribution in [2.24, 2.45) is 34.7 Å². The van der Waals surface area contributed by atoms with Crippen LogP contribution in [0.1, 0.15) is 119 Å². The van der Waals surface area contributed by atoms with Crippen molar-refractivity contribution in [3.63, 3.8) is 0 Å². The highest BCUT2D eigenvalue weighted by molar-refractivity contribution is 6.39. The largest absolute Gasteiger partial charge is 0.456 e. The number of ketones is 1. The fourth-order valence-electron chi connectivity index (χ4n) is 9.67. The van der Waals surface area contributed by atoms with Crippen LogP contribution in [0.3, 0.4) is 0 Å². The Morgan fingerprint density at radius 1 is 1.02 bits per heavy atom. The lowest BCUT2D eigenvalue weighted by Crippen LogP contribution is -2.64. The maximum atomic E-state index is 14.4. The van der Waals surface area contributed by atoms with E-state index in [-0.39, 0.29) is 56.3 Å². The second-order valence-corrected chi connectivity index (χ2v) is 17.6. The second-order valence-electron chi connectivity index (χ2n) is 17.6. The molecule has 4 aliphatic rings. The van der Waals surface area contributed by atoms with Crippen LogP contribution in [0.25, 0.3) is 0 Å². The van der Waals surface area contributed by atoms with Gasteiger partial charge < -0.3 is 43.6 Å². The first-order chi connectivity index (χ1) is 28.1. The van der Waals surface area contributed by atoms with Gasteiger partial charge in [0.05, 0.1) is 30.1 Å². The van der Waals surface area contributed by atoms with Gasteiger partial charge >= 0.3 is 5.97 Å². The minimum Gasteiger partial charge on any atom is -0.456 e. The number of cyclic esters (lactones) is 1. The van der Waals surface area contributed by atoms with Gasteiger partial charge in [-0.2, -0.15) is 0 Å². The predicted molar refractivity (Wildman–Crippen MR) is 224 cm³/mol. The number of oxime groups is 1. The molecular formula is C46H72N2O11. The summed E-state index contributed by atoms with van der Waals surface area (Å²) in [5.74, 6) is -4.22. The number of carbonyl (C=O) groups excluding carboxylic acids is 3. The summed E-state index contributed by atoms with van der Waals surface area (Å²) < 4.78 is 30.2. The number of hydrogen-bond donors (Lipinski definition) is 2. The molecule has 13 atom stereocenters. The normalized spacial score (nSPS) is 39.3. The highest BCUT2D eigenvalue weighted by Crippen LogP contribution is 2.39. The Morgan fingerprint density at radius 3 is 2.39 bits per heavy atom. The van der Waals surface area contributed by atoms with Crippen LogP contribution in [-0.4, -0.2) is 121 Å². The summed E-state index contributed by atoms with van der Waals surface area (Å²) >= 11 is 0. The van der Waals surface area contributed by atoms with Crippen LogP contribution in [0.2, 0.25) is 0 Å². The summed E-state index contributed by atoms with van der Waals surface area (Å²) in [6.45, 7) is 11.7. The zero-order valence-corrected chi connectivity index (χ0v) is 37.0. The summed E-state index contributed by atoms with van der Waals surface area (Å²) in [5.41, 5.74) is 2.48. The smallest absolute Gasteiger partial charge is 0.329 e. The van der Waals surface area contributed by atoms with E-state index in [1.807, 2.05) is 27.7 Å². The van der Waals surface area contributed by atoms with E-state index in [4.69, 9.17) is 34.9 Å². The van der Waals surface area contributed by atoms with Gasteiger partial charge in [-0.25, -0.2) is 4.79 Å². The molecule has 1 amide bonds.